The molecule has 0 fully saturated rings. The maximum absolute atomic E-state index is 13.1. The summed E-state index contributed by atoms with van der Waals surface area (Å²) in [5, 5.41) is 2.67. The molecule has 10 heteroatoms. The predicted molar refractivity (Wildman–Crippen MR) is 128 cm³/mol. The Morgan fingerprint density at radius 3 is 2.06 bits per heavy atom. The van der Waals surface area contributed by atoms with Crippen molar-refractivity contribution in [2.24, 2.45) is 0 Å². The molecule has 0 atom stereocenters. The Morgan fingerprint density at radius 2 is 1.46 bits per heavy atom. The van der Waals surface area contributed by atoms with Gasteiger partial charge in [-0.25, -0.2) is 18.0 Å². The Hall–Kier alpha value is -4.18. The fourth-order valence-corrected chi connectivity index (χ4v) is 5.38. The SMILES string of the molecule is COC(=O)c1cc(NC(=O)c2ccc3c(c2)CCN3S(=O)(=O)c2ccccc2)cc(C(=O)OC)c1. The zero-order valence-electron chi connectivity index (χ0n) is 19.0. The number of anilines is 2. The van der Waals surface area contributed by atoms with Crippen molar-refractivity contribution in [3.8, 4) is 0 Å². The number of sulfonamides is 1. The summed E-state index contributed by atoms with van der Waals surface area (Å²) in [4.78, 5) is 37.1. The molecule has 0 saturated heterocycles. The molecule has 0 bridgehead atoms. The molecule has 0 spiro atoms. The number of rotatable bonds is 6. The highest BCUT2D eigenvalue weighted by atomic mass is 32.2. The molecule has 0 aromatic heterocycles. The Morgan fingerprint density at radius 1 is 0.829 bits per heavy atom. The van der Waals surface area contributed by atoms with Gasteiger partial charge < -0.3 is 14.8 Å². The van der Waals surface area contributed by atoms with E-state index in [1.165, 1.54) is 42.8 Å². The summed E-state index contributed by atoms with van der Waals surface area (Å²) in [6.07, 6.45) is 0.451. The van der Waals surface area contributed by atoms with E-state index in [4.69, 9.17) is 9.47 Å². The number of carbonyl (C=O) groups is 3. The number of nitrogens with one attached hydrogen (secondary N) is 1. The van der Waals surface area contributed by atoms with E-state index >= 15 is 0 Å². The summed E-state index contributed by atoms with van der Waals surface area (Å²) >= 11 is 0. The number of hydrogen-bond donors (Lipinski definition) is 1. The third kappa shape index (κ3) is 4.73. The normalized spacial score (nSPS) is 12.6. The van der Waals surface area contributed by atoms with Crippen molar-refractivity contribution in [2.45, 2.75) is 11.3 Å². The van der Waals surface area contributed by atoms with E-state index in [1.54, 1.807) is 42.5 Å². The van der Waals surface area contributed by atoms with Crippen LogP contribution in [0.15, 0.2) is 71.6 Å². The van der Waals surface area contributed by atoms with Gasteiger partial charge in [0.25, 0.3) is 15.9 Å². The summed E-state index contributed by atoms with van der Waals surface area (Å²) in [5.41, 5.74) is 1.88. The molecule has 0 radical (unpaired) electrons. The average Bonchev–Trinajstić information content (AvgIpc) is 3.32. The van der Waals surface area contributed by atoms with Gasteiger partial charge in [-0.05, 0) is 60.5 Å². The van der Waals surface area contributed by atoms with Crippen LogP contribution >= 0.6 is 0 Å². The largest absolute Gasteiger partial charge is 0.465 e. The molecule has 1 aliphatic heterocycles. The third-order valence-corrected chi connectivity index (χ3v) is 7.39. The molecule has 1 amide bonds. The average molecular weight is 495 g/mol. The van der Waals surface area contributed by atoms with Crippen LogP contribution in [0.1, 0.15) is 36.6 Å². The number of benzene rings is 3. The fraction of sp³-hybridized carbons (Fsp3) is 0.160. The topological polar surface area (TPSA) is 119 Å². The number of hydrogen-bond acceptors (Lipinski definition) is 7. The van der Waals surface area contributed by atoms with E-state index in [2.05, 4.69) is 5.32 Å². The molecule has 3 aromatic rings. The standard InChI is InChI=1S/C25H22N2O7S/c1-33-24(29)18-13-19(25(30)34-2)15-20(14-18)26-23(28)17-8-9-22-16(12-17)10-11-27(22)35(31,32)21-6-4-3-5-7-21/h3-9,12-15H,10-11H2,1-2H3,(H,26,28). The first kappa shape index (κ1) is 24.0. The highest BCUT2D eigenvalue weighted by Crippen LogP contribution is 2.33. The van der Waals surface area contributed by atoms with Gasteiger partial charge >= 0.3 is 11.9 Å². The number of nitrogens with zero attached hydrogens (tertiary/aromatic N) is 1. The summed E-state index contributed by atoms with van der Waals surface area (Å²) in [5.74, 6) is -1.85. The van der Waals surface area contributed by atoms with Crippen molar-refractivity contribution >= 4 is 39.2 Å². The predicted octanol–water partition coefficient (Wildman–Crippen LogP) is 3.26. The van der Waals surface area contributed by atoms with E-state index in [0.717, 1.165) is 5.56 Å². The lowest BCUT2D eigenvalue weighted by Gasteiger charge is -2.19. The zero-order valence-corrected chi connectivity index (χ0v) is 19.8. The summed E-state index contributed by atoms with van der Waals surface area (Å²) in [7, 11) is -1.31. The van der Waals surface area contributed by atoms with Crippen LogP contribution in [0.25, 0.3) is 0 Å². The minimum Gasteiger partial charge on any atom is -0.465 e. The number of carbonyl (C=O) groups excluding carboxylic acids is 3. The van der Waals surface area contributed by atoms with Gasteiger partial charge in [0.2, 0.25) is 0 Å². The van der Waals surface area contributed by atoms with E-state index in [-0.39, 0.29) is 28.3 Å². The Kier molecular flexibility index (Phi) is 6.57. The smallest absolute Gasteiger partial charge is 0.337 e. The maximum atomic E-state index is 13.1. The number of methoxy groups -OCH3 is 2. The second kappa shape index (κ2) is 9.59. The van der Waals surface area contributed by atoms with Crippen LogP contribution in [0.3, 0.4) is 0 Å². The molecule has 1 heterocycles. The lowest BCUT2D eigenvalue weighted by Crippen LogP contribution is -2.29. The van der Waals surface area contributed by atoms with Gasteiger partial charge in [0.1, 0.15) is 0 Å². The van der Waals surface area contributed by atoms with Gasteiger partial charge in [-0.15, -0.1) is 0 Å². The molecular formula is C25H22N2O7S. The first-order valence-electron chi connectivity index (χ1n) is 10.6. The maximum Gasteiger partial charge on any atom is 0.337 e. The molecule has 0 aliphatic carbocycles. The number of ether oxygens (including phenoxy) is 2. The fourth-order valence-electron chi connectivity index (χ4n) is 3.86. The molecule has 0 saturated carbocycles. The van der Waals surface area contributed by atoms with E-state index in [0.29, 0.717) is 17.7 Å². The highest BCUT2D eigenvalue weighted by molar-refractivity contribution is 7.92. The van der Waals surface area contributed by atoms with Crippen LogP contribution in [0.2, 0.25) is 0 Å². The highest BCUT2D eigenvalue weighted by Gasteiger charge is 2.31. The van der Waals surface area contributed by atoms with E-state index < -0.39 is 27.9 Å². The van der Waals surface area contributed by atoms with Crippen LogP contribution in [0.4, 0.5) is 11.4 Å². The zero-order chi connectivity index (χ0) is 25.2. The Balaban J connectivity index is 1.60. The summed E-state index contributed by atoms with van der Waals surface area (Å²) < 4.78 is 36.9. The summed E-state index contributed by atoms with van der Waals surface area (Å²) in [6.45, 7) is 0.265. The Labute approximate surface area is 202 Å². The van der Waals surface area contributed by atoms with Gasteiger partial charge in [-0.1, -0.05) is 18.2 Å². The van der Waals surface area contributed by atoms with Crippen molar-refractivity contribution in [1.82, 2.24) is 0 Å². The van der Waals surface area contributed by atoms with Gasteiger partial charge in [-0.3, -0.25) is 9.10 Å². The van der Waals surface area contributed by atoms with Crippen molar-refractivity contribution in [2.75, 3.05) is 30.4 Å². The molecule has 0 unspecified atom stereocenters. The molecule has 35 heavy (non-hydrogen) atoms. The van der Waals surface area contributed by atoms with Crippen molar-refractivity contribution in [3.05, 3.63) is 89.0 Å². The lowest BCUT2D eigenvalue weighted by molar-refractivity contribution is 0.0598. The molecule has 9 nitrogen and oxygen atoms in total. The van der Waals surface area contributed by atoms with Crippen LogP contribution in [0, 0.1) is 0 Å². The van der Waals surface area contributed by atoms with Crippen LogP contribution in [0.5, 0.6) is 0 Å². The van der Waals surface area contributed by atoms with E-state index in [1.807, 2.05) is 0 Å². The number of amides is 1. The van der Waals surface area contributed by atoms with Crippen molar-refractivity contribution in [3.63, 3.8) is 0 Å². The van der Waals surface area contributed by atoms with Gasteiger partial charge in [0, 0.05) is 17.8 Å². The van der Waals surface area contributed by atoms with Gasteiger partial charge in [-0.2, -0.15) is 0 Å². The summed E-state index contributed by atoms with van der Waals surface area (Å²) in [6, 6.07) is 17.0. The van der Waals surface area contributed by atoms with Crippen LogP contribution in [-0.2, 0) is 25.9 Å². The minimum absolute atomic E-state index is 0.0708. The van der Waals surface area contributed by atoms with Crippen molar-refractivity contribution in [1.29, 1.82) is 0 Å². The molecule has 1 N–H and O–H groups in total. The van der Waals surface area contributed by atoms with E-state index in [9.17, 15) is 22.8 Å². The third-order valence-electron chi connectivity index (χ3n) is 5.56. The first-order chi connectivity index (χ1) is 16.7. The number of fused-ring (bicyclic) bond motifs is 1. The van der Waals surface area contributed by atoms with Crippen LogP contribution < -0.4 is 9.62 Å². The second-order valence-corrected chi connectivity index (χ2v) is 9.58. The minimum atomic E-state index is -3.72. The quantitative estimate of drug-likeness (QED) is 0.523. The first-order valence-corrected chi connectivity index (χ1v) is 12.0. The Bertz CT molecular complexity index is 1380. The van der Waals surface area contributed by atoms with Gasteiger partial charge in [0.05, 0.1) is 35.9 Å². The van der Waals surface area contributed by atoms with Crippen LogP contribution in [-0.4, -0.2) is 47.0 Å². The molecule has 4 rings (SSSR count). The van der Waals surface area contributed by atoms with Gasteiger partial charge in [0.15, 0.2) is 0 Å². The lowest BCUT2D eigenvalue weighted by atomic mass is 10.1. The van der Waals surface area contributed by atoms with Crippen molar-refractivity contribution < 1.29 is 32.3 Å². The monoisotopic (exact) mass is 494 g/mol. The number of esters is 2. The molecule has 3 aromatic carbocycles. The molecule has 180 valence electrons. The molecule has 1 aliphatic rings. The molecular weight excluding hydrogens is 472 g/mol. The second-order valence-electron chi connectivity index (χ2n) is 7.72.